The Bertz CT molecular complexity index is 2880. The molecule has 0 aliphatic carbocycles. The first kappa shape index (κ1) is 63.1. The van der Waals surface area contributed by atoms with Crippen LogP contribution < -0.4 is 10.6 Å². The van der Waals surface area contributed by atoms with Gasteiger partial charge in [-0.25, -0.2) is 34.1 Å². The molecule has 0 bridgehead atoms. The van der Waals surface area contributed by atoms with Crippen molar-refractivity contribution in [3.63, 3.8) is 0 Å². The van der Waals surface area contributed by atoms with Crippen molar-refractivity contribution in [3.05, 3.63) is 143 Å². The van der Waals surface area contributed by atoms with Gasteiger partial charge in [0.1, 0.15) is 11.4 Å². The van der Waals surface area contributed by atoms with Gasteiger partial charge in [-0.1, -0.05) is 103 Å². The van der Waals surface area contributed by atoms with E-state index in [2.05, 4.69) is 89.4 Å². The number of amides is 2. The Morgan fingerprint density at radius 2 is 1.17 bits per heavy atom. The molecule has 2 aromatic carbocycles. The lowest BCUT2D eigenvalue weighted by atomic mass is 9.93. The predicted octanol–water partition coefficient (Wildman–Crippen LogP) is 13.4. The molecule has 416 valence electrons. The molecule has 0 fully saturated rings. The highest BCUT2D eigenvalue weighted by Gasteiger charge is 2.37. The fraction of sp³-hybridized carbons (Fsp3) is 0.429. The number of ether oxygens (including phenoxy) is 2. The van der Waals surface area contributed by atoms with Gasteiger partial charge in [0.05, 0.1) is 36.7 Å². The van der Waals surface area contributed by atoms with Gasteiger partial charge < -0.3 is 29.9 Å². The van der Waals surface area contributed by atoms with Gasteiger partial charge in [0.15, 0.2) is 0 Å². The summed E-state index contributed by atoms with van der Waals surface area (Å²) in [4.78, 5) is 73.1. The highest BCUT2D eigenvalue weighted by molar-refractivity contribution is 5.90. The van der Waals surface area contributed by atoms with Gasteiger partial charge in [-0.05, 0) is 138 Å². The molecule has 2 atom stereocenters. The molecule has 0 spiro atoms. The fourth-order valence-electron chi connectivity index (χ4n) is 9.28. The summed E-state index contributed by atoms with van der Waals surface area (Å²) >= 11 is 0. The Labute approximate surface area is 463 Å². The molecule has 15 heteroatoms. The number of pyridine rings is 4. The van der Waals surface area contributed by atoms with Gasteiger partial charge in [0, 0.05) is 77.8 Å². The van der Waals surface area contributed by atoms with Crippen molar-refractivity contribution in [2.75, 3.05) is 32.8 Å². The topological polar surface area (TPSA) is 181 Å². The fourth-order valence-corrected chi connectivity index (χ4v) is 9.28. The minimum Gasteiger partial charge on any atom is -0.461 e. The van der Waals surface area contributed by atoms with Gasteiger partial charge in [-0.3, -0.25) is 9.97 Å². The molecular formula is C63H83N9O6. The number of hydrogen-bond acceptors (Lipinski definition) is 13. The van der Waals surface area contributed by atoms with Crippen LogP contribution in [0.2, 0.25) is 0 Å². The normalized spacial score (nSPS) is 13.7. The molecule has 2 amide bonds. The second-order valence-corrected chi connectivity index (χ2v) is 19.1. The van der Waals surface area contributed by atoms with Crippen LogP contribution in [0.5, 0.6) is 0 Å². The van der Waals surface area contributed by atoms with E-state index in [4.69, 9.17) is 19.4 Å². The molecule has 6 aromatic rings. The third-order valence-corrected chi connectivity index (χ3v) is 12.9. The van der Waals surface area contributed by atoms with Crippen LogP contribution in [0.25, 0.3) is 44.8 Å². The molecule has 2 N–H and O–H groups in total. The maximum atomic E-state index is 13.1. The molecule has 0 unspecified atom stereocenters. The number of aliphatic imine (C=N–C) groups is 1. The third kappa shape index (κ3) is 17.3. The summed E-state index contributed by atoms with van der Waals surface area (Å²) in [6, 6.07) is 28.0. The molecular weight excluding hydrogens is 979 g/mol. The van der Waals surface area contributed by atoms with Gasteiger partial charge in [-0.15, -0.1) is 0 Å². The van der Waals surface area contributed by atoms with Gasteiger partial charge in [0.25, 0.3) is 0 Å². The molecule has 15 nitrogen and oxygen atoms in total. The van der Waals surface area contributed by atoms with Crippen LogP contribution in [0.4, 0.5) is 4.79 Å². The van der Waals surface area contributed by atoms with E-state index >= 15 is 0 Å². The standard InChI is InChI=1S/C28H32N4O3.C24H25N3O2.C6H15N.C4H7NO.CH4/c1-5-9-24-25-22(17-32(24)28(34)30-18(3)4)15-23(27(33)35-6-2)31-26(25)20-11-7-10-19(14-20)21-12-8-13-29-16-21;1-3-7-20-22-19(15-26-20)13-21(24(28)29-4-2)27-23(22)17-9-5-8-16(12-17)18-10-6-11-25-14-18;1-4-7(5-2)6-3;1-4(2)5-3-6;/h7-8,10-16,18,24H,5-6,9,17H2,1-4H3,(H,30,34);5-6,8-14,20,26H,3-4,7,15H2,1-2H3;4-6H2,1-3H3;4H,1-2H3;1H4/t24-;20-;;;/m11.../s1. The lowest BCUT2D eigenvalue weighted by Crippen LogP contribution is -2.42. The Hall–Kier alpha value is -7.45. The van der Waals surface area contributed by atoms with Crippen LogP contribution in [-0.4, -0.2) is 98.7 Å². The van der Waals surface area contributed by atoms with E-state index in [1.54, 1.807) is 25.4 Å². The van der Waals surface area contributed by atoms with Crippen molar-refractivity contribution in [1.29, 1.82) is 0 Å². The SMILES string of the molecule is C.CC(C)N=C=O.CCC[C@@H]1c2c(cc(C(=O)OCC)nc2-c2cccc(-c3cccnc3)c2)CN1C(=O)NC(C)C.CCC[C@H]1NCc2cc(C(=O)OCC)nc(-c3cccc(-c4cccnc4)c3)c21.CCN(CC)CC. The molecule has 6 heterocycles. The van der Waals surface area contributed by atoms with Gasteiger partial charge in [-0.2, -0.15) is 0 Å². The van der Waals surface area contributed by atoms with Crippen molar-refractivity contribution in [2.24, 2.45) is 4.99 Å². The van der Waals surface area contributed by atoms with Crippen molar-refractivity contribution >= 4 is 24.0 Å². The van der Waals surface area contributed by atoms with E-state index in [9.17, 15) is 19.2 Å². The second kappa shape index (κ2) is 32.3. The van der Waals surface area contributed by atoms with E-state index in [-0.39, 0.29) is 55.9 Å². The average Bonchev–Trinajstić information content (AvgIpc) is 4.07. The summed E-state index contributed by atoms with van der Waals surface area (Å²) in [6.45, 7) is 27.3. The zero-order valence-electron chi connectivity index (χ0n) is 47.1. The summed E-state index contributed by atoms with van der Waals surface area (Å²) in [7, 11) is 0. The predicted molar refractivity (Wildman–Crippen MR) is 313 cm³/mol. The Morgan fingerprint density at radius 3 is 1.58 bits per heavy atom. The van der Waals surface area contributed by atoms with Crippen LogP contribution in [-0.2, 0) is 27.4 Å². The molecule has 0 saturated carbocycles. The highest BCUT2D eigenvalue weighted by atomic mass is 16.5. The van der Waals surface area contributed by atoms with E-state index in [0.29, 0.717) is 18.8 Å². The van der Waals surface area contributed by atoms with Crippen LogP contribution in [0.3, 0.4) is 0 Å². The number of benzene rings is 2. The lowest BCUT2D eigenvalue weighted by Gasteiger charge is -2.27. The first-order chi connectivity index (χ1) is 37.2. The summed E-state index contributed by atoms with van der Waals surface area (Å²) < 4.78 is 10.5. The Kier molecular flexibility index (Phi) is 26.1. The first-order valence-corrected chi connectivity index (χ1v) is 27.3. The summed E-state index contributed by atoms with van der Waals surface area (Å²) in [5.41, 5.74) is 12.5. The van der Waals surface area contributed by atoms with Crippen molar-refractivity contribution in [1.82, 2.24) is 40.4 Å². The Morgan fingerprint density at radius 1 is 0.679 bits per heavy atom. The number of carbonyl (C=O) groups is 3. The lowest BCUT2D eigenvalue weighted by molar-refractivity contribution is 0.0510. The van der Waals surface area contributed by atoms with E-state index < -0.39 is 5.97 Å². The average molecular weight is 1060 g/mol. The maximum absolute atomic E-state index is 13.1. The molecule has 0 radical (unpaired) electrons. The second-order valence-electron chi connectivity index (χ2n) is 19.1. The molecule has 4 aromatic heterocycles. The molecule has 2 aliphatic heterocycles. The maximum Gasteiger partial charge on any atom is 0.356 e. The largest absolute Gasteiger partial charge is 0.461 e. The van der Waals surface area contributed by atoms with Crippen molar-refractivity contribution in [2.45, 2.75) is 147 Å². The number of nitrogens with one attached hydrogen (secondary N) is 2. The molecule has 8 rings (SSSR count). The van der Waals surface area contributed by atoms with Crippen LogP contribution >= 0.6 is 0 Å². The number of hydrogen-bond donors (Lipinski definition) is 2. The number of esters is 2. The third-order valence-electron chi connectivity index (χ3n) is 12.9. The number of rotatable bonds is 17. The zero-order valence-corrected chi connectivity index (χ0v) is 47.1. The molecule has 0 saturated heterocycles. The quantitative estimate of drug-likeness (QED) is 0.0502. The number of nitrogens with zero attached hydrogens (tertiary/aromatic N) is 7. The van der Waals surface area contributed by atoms with E-state index in [1.807, 2.05) is 107 Å². The highest BCUT2D eigenvalue weighted by Crippen LogP contribution is 2.43. The smallest absolute Gasteiger partial charge is 0.356 e. The number of carbonyl (C=O) groups excluding carboxylic acids is 4. The number of fused-ring (bicyclic) bond motifs is 2. The Balaban J connectivity index is 0.000000274. The van der Waals surface area contributed by atoms with Crippen LogP contribution in [0.15, 0.2) is 115 Å². The summed E-state index contributed by atoms with van der Waals surface area (Å²) in [5, 5.41) is 6.60. The molecule has 78 heavy (non-hydrogen) atoms. The van der Waals surface area contributed by atoms with Crippen molar-refractivity contribution in [3.8, 4) is 44.8 Å². The minimum absolute atomic E-state index is 0. The van der Waals surface area contributed by atoms with E-state index in [1.165, 1.54) is 31.3 Å². The van der Waals surface area contributed by atoms with Crippen LogP contribution in [0, 0.1) is 0 Å². The summed E-state index contributed by atoms with van der Waals surface area (Å²) in [5.74, 6) is -0.837. The summed E-state index contributed by atoms with van der Waals surface area (Å²) in [6.07, 6.45) is 12.4. The zero-order chi connectivity index (χ0) is 55.9. The van der Waals surface area contributed by atoms with Crippen LogP contribution in [0.1, 0.15) is 165 Å². The monoisotopic (exact) mass is 1060 g/mol. The van der Waals surface area contributed by atoms with Crippen molar-refractivity contribution < 1.29 is 28.7 Å². The first-order valence-electron chi connectivity index (χ1n) is 27.3. The number of urea groups is 1. The number of aromatic nitrogens is 4. The van der Waals surface area contributed by atoms with Gasteiger partial charge in [0.2, 0.25) is 6.08 Å². The minimum atomic E-state index is -0.461. The van der Waals surface area contributed by atoms with Gasteiger partial charge >= 0.3 is 18.0 Å². The molecule has 2 aliphatic rings. The number of isocyanates is 1. The van der Waals surface area contributed by atoms with E-state index in [0.717, 1.165) is 93.7 Å².